The van der Waals surface area contributed by atoms with Gasteiger partial charge in [-0.1, -0.05) is 12.5 Å². The molecule has 0 bridgehead atoms. The van der Waals surface area contributed by atoms with Crippen LogP contribution in [0, 0.1) is 5.41 Å². The number of piperidine rings is 1. The molecule has 2 N–H and O–H groups in total. The maximum Gasteiger partial charge on any atom is 0.290 e. The van der Waals surface area contributed by atoms with Crippen molar-refractivity contribution >= 4 is 18.8 Å². The lowest BCUT2D eigenvalue weighted by Gasteiger charge is -2.44. The zero-order valence-corrected chi connectivity index (χ0v) is 17.3. The third-order valence-corrected chi connectivity index (χ3v) is 5.77. The molecule has 0 amide bonds. The number of ether oxygens (including phenoxy) is 1. The van der Waals surface area contributed by atoms with Crippen LogP contribution in [-0.4, -0.2) is 64.0 Å². The van der Waals surface area contributed by atoms with E-state index in [-0.39, 0.29) is 12.9 Å². The second kappa shape index (κ2) is 11.9. The SMILES string of the molecule is CO[C@@H]1CCC[C@@]12CCCN(c1ccc(Cn3ccnc3)cn1)C2.O=CO.O=CO. The molecule has 2 aromatic rings. The Labute approximate surface area is 176 Å². The molecule has 3 heterocycles. The molecule has 0 radical (unpaired) electrons. The van der Waals surface area contributed by atoms with Crippen molar-refractivity contribution in [2.45, 2.75) is 44.8 Å². The zero-order valence-electron chi connectivity index (χ0n) is 17.3. The van der Waals surface area contributed by atoms with Crippen molar-refractivity contribution in [3.63, 3.8) is 0 Å². The maximum atomic E-state index is 8.36. The smallest absolute Gasteiger partial charge is 0.290 e. The summed E-state index contributed by atoms with van der Waals surface area (Å²) < 4.78 is 7.87. The Morgan fingerprint density at radius 2 is 1.97 bits per heavy atom. The van der Waals surface area contributed by atoms with Crippen LogP contribution >= 0.6 is 0 Å². The normalized spacial score (nSPS) is 22.4. The highest BCUT2D eigenvalue weighted by molar-refractivity contribution is 5.40. The van der Waals surface area contributed by atoms with Crippen LogP contribution in [-0.2, 0) is 20.9 Å². The fourth-order valence-electron chi connectivity index (χ4n) is 4.59. The Bertz CT molecular complexity index is 747. The number of nitrogens with zero attached hydrogens (tertiary/aromatic N) is 4. The summed E-state index contributed by atoms with van der Waals surface area (Å²) >= 11 is 0. The molecule has 1 spiro atoms. The van der Waals surface area contributed by atoms with Crippen LogP contribution in [0.15, 0.2) is 37.1 Å². The highest BCUT2D eigenvalue weighted by Gasteiger charge is 2.45. The summed E-state index contributed by atoms with van der Waals surface area (Å²) in [7, 11) is 1.87. The van der Waals surface area contributed by atoms with Crippen LogP contribution in [0.1, 0.15) is 37.7 Å². The first-order chi connectivity index (χ1) is 14.6. The van der Waals surface area contributed by atoms with Gasteiger partial charge in [-0.2, -0.15) is 0 Å². The molecular weight excluding hydrogens is 388 g/mol. The van der Waals surface area contributed by atoms with Gasteiger partial charge < -0.3 is 24.4 Å². The standard InChI is InChI=1S/C19H26N4O.2CH2O2/c1-24-17-4-2-7-19(17)8-3-10-23(14-19)18-6-5-16(12-21-18)13-22-11-9-20-15-22;2*2-1-3/h5-6,9,11-12,15,17H,2-4,7-8,10,13-14H2,1H3;2*1H,(H,2,3)/t17-,19+;;/m1../s1. The topological polar surface area (TPSA) is 118 Å². The van der Waals surface area contributed by atoms with Crippen molar-refractivity contribution in [3.05, 3.63) is 42.6 Å². The van der Waals surface area contributed by atoms with Crippen molar-refractivity contribution in [3.8, 4) is 0 Å². The fraction of sp³-hybridized carbons (Fsp3) is 0.524. The van der Waals surface area contributed by atoms with Gasteiger partial charge in [0.2, 0.25) is 0 Å². The van der Waals surface area contributed by atoms with Crippen molar-refractivity contribution < 1.29 is 24.5 Å². The monoisotopic (exact) mass is 418 g/mol. The van der Waals surface area contributed by atoms with Gasteiger partial charge in [-0.3, -0.25) is 9.59 Å². The largest absolute Gasteiger partial charge is 0.483 e. The molecule has 9 nitrogen and oxygen atoms in total. The summed E-state index contributed by atoms with van der Waals surface area (Å²) in [6.07, 6.45) is 14.4. The molecule has 2 atom stereocenters. The summed E-state index contributed by atoms with van der Waals surface area (Å²) in [5.41, 5.74) is 1.54. The quantitative estimate of drug-likeness (QED) is 0.727. The lowest BCUT2D eigenvalue weighted by atomic mass is 9.76. The van der Waals surface area contributed by atoms with E-state index < -0.39 is 0 Å². The minimum absolute atomic E-state index is 0.250. The molecular formula is C21H30N4O5. The van der Waals surface area contributed by atoms with Crippen LogP contribution in [0.25, 0.3) is 0 Å². The van der Waals surface area contributed by atoms with E-state index in [0.717, 1.165) is 25.5 Å². The van der Waals surface area contributed by atoms with E-state index in [1.54, 1.807) is 0 Å². The van der Waals surface area contributed by atoms with Crippen molar-refractivity contribution in [2.24, 2.45) is 5.41 Å². The molecule has 0 unspecified atom stereocenters. The molecule has 0 aromatic carbocycles. The fourth-order valence-corrected chi connectivity index (χ4v) is 4.59. The van der Waals surface area contributed by atoms with Crippen molar-refractivity contribution in [1.82, 2.24) is 14.5 Å². The van der Waals surface area contributed by atoms with Crippen molar-refractivity contribution in [2.75, 3.05) is 25.1 Å². The average Bonchev–Trinajstić information content (AvgIpc) is 3.40. The molecule has 9 heteroatoms. The van der Waals surface area contributed by atoms with Gasteiger partial charge in [-0.05, 0) is 37.3 Å². The Kier molecular flexibility index (Phi) is 9.27. The van der Waals surface area contributed by atoms with Gasteiger partial charge in [0.1, 0.15) is 5.82 Å². The first kappa shape index (κ1) is 23.3. The van der Waals surface area contributed by atoms with Crippen LogP contribution in [0.3, 0.4) is 0 Å². The summed E-state index contributed by atoms with van der Waals surface area (Å²) in [5.74, 6) is 1.10. The minimum Gasteiger partial charge on any atom is -0.483 e. The predicted molar refractivity (Wildman–Crippen MR) is 111 cm³/mol. The molecule has 2 aromatic heterocycles. The van der Waals surface area contributed by atoms with E-state index in [9.17, 15) is 0 Å². The first-order valence-corrected chi connectivity index (χ1v) is 9.96. The van der Waals surface area contributed by atoms with Gasteiger partial charge in [-0.25, -0.2) is 9.97 Å². The average molecular weight is 418 g/mol. The van der Waals surface area contributed by atoms with E-state index >= 15 is 0 Å². The Morgan fingerprint density at radius 3 is 2.57 bits per heavy atom. The molecule has 1 aliphatic carbocycles. The number of hydrogen-bond donors (Lipinski definition) is 2. The summed E-state index contributed by atoms with van der Waals surface area (Å²) in [6.45, 7) is 2.51. The Morgan fingerprint density at radius 1 is 1.23 bits per heavy atom. The highest BCUT2D eigenvalue weighted by atomic mass is 16.5. The Hall–Kier alpha value is -2.94. The number of carbonyl (C=O) groups is 2. The van der Waals surface area contributed by atoms with Gasteiger partial charge in [0.05, 0.1) is 12.4 Å². The summed E-state index contributed by atoms with van der Waals surface area (Å²) in [5, 5.41) is 13.8. The maximum absolute atomic E-state index is 8.36. The minimum atomic E-state index is -0.250. The molecule has 30 heavy (non-hydrogen) atoms. The van der Waals surface area contributed by atoms with Crippen LogP contribution in [0.5, 0.6) is 0 Å². The van der Waals surface area contributed by atoms with Gasteiger partial charge in [-0.15, -0.1) is 0 Å². The van der Waals surface area contributed by atoms with E-state index in [0.29, 0.717) is 11.5 Å². The molecule has 4 rings (SSSR count). The molecule has 164 valence electrons. The molecule has 2 fully saturated rings. The lowest BCUT2D eigenvalue weighted by molar-refractivity contribution is -0.123. The van der Waals surface area contributed by atoms with Gasteiger partial charge >= 0.3 is 0 Å². The van der Waals surface area contributed by atoms with Crippen LogP contribution in [0.2, 0.25) is 0 Å². The van der Waals surface area contributed by atoms with Crippen molar-refractivity contribution in [1.29, 1.82) is 0 Å². The zero-order chi connectivity index (χ0) is 21.8. The predicted octanol–water partition coefficient (Wildman–Crippen LogP) is 2.51. The number of carboxylic acid groups (broad SMARTS) is 2. The third-order valence-electron chi connectivity index (χ3n) is 5.77. The number of imidazole rings is 1. The Balaban J connectivity index is 0.000000480. The first-order valence-electron chi connectivity index (χ1n) is 9.96. The molecule has 1 saturated heterocycles. The van der Waals surface area contributed by atoms with Gasteiger partial charge in [0.25, 0.3) is 12.9 Å². The van der Waals surface area contributed by atoms with E-state index in [1.807, 2.05) is 32.0 Å². The number of methoxy groups -OCH3 is 1. The lowest BCUT2D eigenvalue weighted by Crippen LogP contribution is -2.48. The molecule has 1 saturated carbocycles. The molecule has 1 aliphatic heterocycles. The number of anilines is 1. The second-order valence-corrected chi connectivity index (χ2v) is 7.47. The van der Waals surface area contributed by atoms with Crippen LogP contribution < -0.4 is 4.90 Å². The van der Waals surface area contributed by atoms with Gasteiger partial charge in [0.15, 0.2) is 0 Å². The van der Waals surface area contributed by atoms with E-state index in [1.165, 1.54) is 37.7 Å². The van der Waals surface area contributed by atoms with Crippen LogP contribution in [0.4, 0.5) is 5.82 Å². The van der Waals surface area contributed by atoms with Gasteiger partial charge in [0, 0.05) is 50.7 Å². The number of rotatable bonds is 4. The number of aromatic nitrogens is 3. The number of hydrogen-bond acceptors (Lipinski definition) is 6. The summed E-state index contributed by atoms with van der Waals surface area (Å²) in [6, 6.07) is 4.36. The number of pyridine rings is 1. The van der Waals surface area contributed by atoms with E-state index in [2.05, 4.69) is 26.6 Å². The highest BCUT2D eigenvalue weighted by Crippen LogP contribution is 2.46. The third kappa shape index (κ3) is 6.03. The molecule has 2 aliphatic rings. The second-order valence-electron chi connectivity index (χ2n) is 7.47. The summed E-state index contributed by atoms with van der Waals surface area (Å²) in [4.78, 5) is 28.0. The van der Waals surface area contributed by atoms with E-state index in [4.69, 9.17) is 29.5 Å².